The molecule has 0 bridgehead atoms. The molecule has 3 heterocycles. The molecule has 0 aliphatic carbocycles. The molecule has 1 aliphatic heterocycles. The Morgan fingerprint density at radius 3 is 2.83 bits per heavy atom. The number of pyridine rings is 2. The number of carbonyl (C=O) groups excluding carboxylic acids is 1. The van der Waals surface area contributed by atoms with E-state index in [0.717, 1.165) is 31.7 Å². The van der Waals surface area contributed by atoms with Crippen LogP contribution >= 0.6 is 0 Å². The first-order valence-corrected chi connectivity index (χ1v) is 8.09. The van der Waals surface area contributed by atoms with Crippen LogP contribution in [-0.2, 0) is 6.54 Å². The first-order valence-electron chi connectivity index (χ1n) is 8.09. The maximum Gasteiger partial charge on any atom is 0.258 e. The van der Waals surface area contributed by atoms with Crippen LogP contribution in [0.1, 0.15) is 22.5 Å². The molecule has 1 saturated heterocycles. The quantitative estimate of drug-likeness (QED) is 0.839. The Morgan fingerprint density at radius 1 is 1.25 bits per heavy atom. The summed E-state index contributed by atoms with van der Waals surface area (Å²) in [7, 11) is 3.45. The van der Waals surface area contributed by atoms with E-state index in [1.54, 1.807) is 32.4 Å². The summed E-state index contributed by atoms with van der Waals surface area (Å²) >= 11 is 0. The number of likely N-dealkylation sites (tertiary alicyclic amines) is 1. The molecule has 6 heteroatoms. The first kappa shape index (κ1) is 16.4. The van der Waals surface area contributed by atoms with Crippen molar-refractivity contribution in [1.29, 1.82) is 0 Å². The van der Waals surface area contributed by atoms with Crippen LogP contribution in [0.2, 0.25) is 0 Å². The molecule has 126 valence electrons. The van der Waals surface area contributed by atoms with E-state index in [2.05, 4.69) is 14.9 Å². The number of ether oxygens (including phenoxy) is 1. The molecular formula is C18H22N4O2. The third-order valence-electron chi connectivity index (χ3n) is 4.03. The van der Waals surface area contributed by atoms with Crippen LogP contribution in [0.5, 0.6) is 5.88 Å². The minimum absolute atomic E-state index is 0.0392. The van der Waals surface area contributed by atoms with Crippen LogP contribution in [0, 0.1) is 0 Å². The van der Waals surface area contributed by atoms with Gasteiger partial charge in [0, 0.05) is 46.1 Å². The predicted molar refractivity (Wildman–Crippen MR) is 90.8 cm³/mol. The van der Waals surface area contributed by atoms with Crippen molar-refractivity contribution in [2.24, 2.45) is 0 Å². The molecule has 24 heavy (non-hydrogen) atoms. The van der Waals surface area contributed by atoms with Crippen molar-refractivity contribution in [2.45, 2.75) is 19.1 Å². The Hall–Kier alpha value is -2.47. The number of carbonyl (C=O) groups is 1. The first-order chi connectivity index (χ1) is 11.6. The van der Waals surface area contributed by atoms with Crippen molar-refractivity contribution < 1.29 is 9.53 Å². The highest BCUT2D eigenvalue weighted by molar-refractivity contribution is 5.96. The number of hydrogen-bond acceptors (Lipinski definition) is 5. The van der Waals surface area contributed by atoms with E-state index in [-0.39, 0.29) is 12.0 Å². The molecule has 0 radical (unpaired) electrons. The van der Waals surface area contributed by atoms with Gasteiger partial charge in [-0.25, -0.2) is 4.98 Å². The topological polar surface area (TPSA) is 58.6 Å². The van der Waals surface area contributed by atoms with E-state index in [9.17, 15) is 4.79 Å². The molecule has 2 aromatic rings. The number of aromatic nitrogens is 2. The standard InChI is InChI=1S/C18H22N4O2/c1-21(2)18(23)16-7-5-10-20-17(16)24-15-8-11-22(13-15)12-14-6-3-4-9-19-14/h3-7,9-10,15H,8,11-13H2,1-2H3. The second kappa shape index (κ2) is 7.40. The molecule has 3 rings (SSSR count). The molecule has 1 atom stereocenters. The molecule has 1 unspecified atom stereocenters. The summed E-state index contributed by atoms with van der Waals surface area (Å²) in [6, 6.07) is 9.46. The summed E-state index contributed by atoms with van der Waals surface area (Å²) < 4.78 is 6.03. The van der Waals surface area contributed by atoms with E-state index in [1.807, 2.05) is 24.4 Å². The molecule has 0 N–H and O–H groups in total. The van der Waals surface area contributed by atoms with E-state index >= 15 is 0 Å². The van der Waals surface area contributed by atoms with Crippen molar-refractivity contribution >= 4 is 5.91 Å². The van der Waals surface area contributed by atoms with Gasteiger partial charge < -0.3 is 9.64 Å². The zero-order chi connectivity index (χ0) is 16.9. The Morgan fingerprint density at radius 2 is 2.08 bits per heavy atom. The lowest BCUT2D eigenvalue weighted by atomic mass is 10.2. The summed E-state index contributed by atoms with van der Waals surface area (Å²) in [6.45, 7) is 2.57. The van der Waals surface area contributed by atoms with Gasteiger partial charge in [-0.3, -0.25) is 14.7 Å². The van der Waals surface area contributed by atoms with Gasteiger partial charge in [0.05, 0.1) is 5.69 Å². The summed E-state index contributed by atoms with van der Waals surface area (Å²) in [5.41, 5.74) is 1.56. The highest BCUT2D eigenvalue weighted by atomic mass is 16.5. The van der Waals surface area contributed by atoms with Gasteiger partial charge in [0.1, 0.15) is 11.7 Å². The Kier molecular flexibility index (Phi) is 5.05. The highest BCUT2D eigenvalue weighted by Crippen LogP contribution is 2.22. The third kappa shape index (κ3) is 3.89. The maximum absolute atomic E-state index is 12.2. The van der Waals surface area contributed by atoms with E-state index in [4.69, 9.17) is 4.74 Å². The van der Waals surface area contributed by atoms with Crippen LogP contribution in [0.4, 0.5) is 0 Å². The third-order valence-corrected chi connectivity index (χ3v) is 4.03. The minimum Gasteiger partial charge on any atom is -0.472 e. The van der Waals surface area contributed by atoms with E-state index in [1.165, 1.54) is 4.90 Å². The van der Waals surface area contributed by atoms with Crippen molar-refractivity contribution in [2.75, 3.05) is 27.2 Å². The van der Waals surface area contributed by atoms with E-state index < -0.39 is 0 Å². The van der Waals surface area contributed by atoms with E-state index in [0.29, 0.717) is 11.4 Å². The van der Waals surface area contributed by atoms with Crippen LogP contribution < -0.4 is 4.74 Å². The fraction of sp³-hybridized carbons (Fsp3) is 0.389. The SMILES string of the molecule is CN(C)C(=O)c1cccnc1OC1CCN(Cc2ccccn2)C1. The lowest BCUT2D eigenvalue weighted by Crippen LogP contribution is -2.27. The van der Waals surface area contributed by atoms with Crippen LogP contribution in [0.25, 0.3) is 0 Å². The number of amides is 1. The highest BCUT2D eigenvalue weighted by Gasteiger charge is 2.26. The van der Waals surface area contributed by atoms with Gasteiger partial charge in [-0.2, -0.15) is 0 Å². The Balaban J connectivity index is 1.63. The fourth-order valence-corrected chi connectivity index (χ4v) is 2.80. The lowest BCUT2D eigenvalue weighted by Gasteiger charge is -2.18. The van der Waals surface area contributed by atoms with Crippen LogP contribution in [0.15, 0.2) is 42.7 Å². The maximum atomic E-state index is 12.2. The zero-order valence-electron chi connectivity index (χ0n) is 14.1. The van der Waals surface area contributed by atoms with Gasteiger partial charge >= 0.3 is 0 Å². The molecule has 0 spiro atoms. The summed E-state index contributed by atoms with van der Waals surface area (Å²) in [4.78, 5) is 24.7. The van der Waals surface area contributed by atoms with Crippen LogP contribution in [0.3, 0.4) is 0 Å². The second-order valence-electron chi connectivity index (χ2n) is 6.14. The molecule has 1 fully saturated rings. The van der Waals surface area contributed by atoms with Gasteiger partial charge in [-0.05, 0) is 30.7 Å². The minimum atomic E-state index is -0.0959. The molecule has 1 amide bonds. The fourth-order valence-electron chi connectivity index (χ4n) is 2.80. The smallest absolute Gasteiger partial charge is 0.258 e. The predicted octanol–water partition coefficient (Wildman–Crippen LogP) is 1.83. The zero-order valence-corrected chi connectivity index (χ0v) is 14.1. The van der Waals surface area contributed by atoms with Gasteiger partial charge in [0.15, 0.2) is 0 Å². The number of rotatable bonds is 5. The van der Waals surface area contributed by atoms with Crippen LogP contribution in [-0.4, -0.2) is 59.0 Å². The molecule has 2 aromatic heterocycles. The Bertz CT molecular complexity index is 690. The van der Waals surface area contributed by atoms with Crippen molar-refractivity contribution in [3.8, 4) is 5.88 Å². The number of hydrogen-bond donors (Lipinski definition) is 0. The van der Waals surface area contributed by atoms with Gasteiger partial charge in [0.25, 0.3) is 5.91 Å². The largest absolute Gasteiger partial charge is 0.472 e. The average Bonchev–Trinajstić information content (AvgIpc) is 3.02. The second-order valence-corrected chi connectivity index (χ2v) is 6.14. The molecule has 0 saturated carbocycles. The lowest BCUT2D eigenvalue weighted by molar-refractivity contribution is 0.0818. The Labute approximate surface area is 142 Å². The average molecular weight is 326 g/mol. The van der Waals surface area contributed by atoms with Crippen molar-refractivity contribution in [1.82, 2.24) is 19.8 Å². The monoisotopic (exact) mass is 326 g/mol. The van der Waals surface area contributed by atoms with Gasteiger partial charge in [0.2, 0.25) is 5.88 Å². The van der Waals surface area contributed by atoms with Gasteiger partial charge in [-0.15, -0.1) is 0 Å². The molecule has 1 aliphatic rings. The molecular weight excluding hydrogens is 304 g/mol. The number of nitrogens with zero attached hydrogens (tertiary/aromatic N) is 4. The van der Waals surface area contributed by atoms with Crippen molar-refractivity contribution in [3.05, 3.63) is 54.0 Å². The van der Waals surface area contributed by atoms with Gasteiger partial charge in [-0.1, -0.05) is 6.07 Å². The van der Waals surface area contributed by atoms with Crippen molar-refractivity contribution in [3.63, 3.8) is 0 Å². The molecule has 0 aromatic carbocycles. The summed E-state index contributed by atoms with van der Waals surface area (Å²) in [6.07, 6.45) is 4.42. The normalized spacial score (nSPS) is 17.7. The summed E-state index contributed by atoms with van der Waals surface area (Å²) in [5.74, 6) is 0.322. The molecule has 6 nitrogen and oxygen atoms in total. The summed E-state index contributed by atoms with van der Waals surface area (Å²) in [5, 5.41) is 0.